The lowest BCUT2D eigenvalue weighted by molar-refractivity contribution is 0.0606. The van der Waals surface area contributed by atoms with Crippen LogP contribution >= 0.6 is 0 Å². The summed E-state index contributed by atoms with van der Waals surface area (Å²) in [4.78, 5) is 18.5. The molecule has 3 heterocycles. The van der Waals surface area contributed by atoms with E-state index in [4.69, 9.17) is 0 Å². The molecule has 1 atom stereocenters. The van der Waals surface area contributed by atoms with Crippen molar-refractivity contribution in [3.8, 4) is 0 Å². The first-order valence-corrected chi connectivity index (χ1v) is 6.56. The summed E-state index contributed by atoms with van der Waals surface area (Å²) >= 11 is 0. The third-order valence-corrected chi connectivity index (χ3v) is 3.57. The van der Waals surface area contributed by atoms with Gasteiger partial charge in [0, 0.05) is 30.7 Å². The van der Waals surface area contributed by atoms with Gasteiger partial charge in [-0.05, 0) is 37.5 Å². The van der Waals surface area contributed by atoms with Gasteiger partial charge in [0.15, 0.2) is 0 Å². The number of H-pyrrole nitrogens is 1. The highest BCUT2D eigenvalue weighted by atomic mass is 16.2. The van der Waals surface area contributed by atoms with E-state index in [1.807, 2.05) is 11.0 Å². The normalized spacial score (nSPS) is 19.4. The quantitative estimate of drug-likeness (QED) is 0.895. The van der Waals surface area contributed by atoms with Crippen LogP contribution in [0.25, 0.3) is 0 Å². The Morgan fingerprint density at radius 2 is 2.05 bits per heavy atom. The van der Waals surface area contributed by atoms with Crippen LogP contribution in [0.2, 0.25) is 0 Å². The van der Waals surface area contributed by atoms with Crippen molar-refractivity contribution in [1.29, 1.82) is 0 Å². The Kier molecular flexibility index (Phi) is 3.27. The maximum atomic E-state index is 12.6. The summed E-state index contributed by atoms with van der Waals surface area (Å²) in [6.45, 7) is 0.796. The van der Waals surface area contributed by atoms with Crippen molar-refractivity contribution >= 4 is 5.91 Å². The average Bonchev–Trinajstić information content (AvgIpc) is 3.01. The number of pyridine rings is 1. The van der Waals surface area contributed by atoms with Crippen LogP contribution in [-0.4, -0.2) is 32.5 Å². The maximum absolute atomic E-state index is 12.6. The minimum atomic E-state index is 0.0710. The molecule has 0 bridgehead atoms. The van der Waals surface area contributed by atoms with Gasteiger partial charge in [-0.15, -0.1) is 0 Å². The van der Waals surface area contributed by atoms with E-state index in [1.165, 1.54) is 0 Å². The van der Waals surface area contributed by atoms with Gasteiger partial charge in [-0.25, -0.2) is 0 Å². The van der Waals surface area contributed by atoms with E-state index in [0.717, 1.165) is 31.5 Å². The molecule has 0 aliphatic carbocycles. The predicted octanol–water partition coefficient (Wildman–Crippen LogP) is 2.17. The summed E-state index contributed by atoms with van der Waals surface area (Å²) in [5.74, 6) is 0.0710. The zero-order valence-corrected chi connectivity index (χ0v) is 10.6. The number of hydrogen-bond donors (Lipinski definition) is 1. The van der Waals surface area contributed by atoms with Gasteiger partial charge in [-0.3, -0.25) is 14.9 Å². The zero-order valence-electron chi connectivity index (χ0n) is 10.6. The number of carbonyl (C=O) groups excluding carboxylic acids is 1. The van der Waals surface area contributed by atoms with Crippen LogP contribution in [-0.2, 0) is 0 Å². The van der Waals surface area contributed by atoms with Crippen LogP contribution in [0.4, 0.5) is 0 Å². The van der Waals surface area contributed by atoms with E-state index in [0.29, 0.717) is 5.56 Å². The highest BCUT2D eigenvalue weighted by molar-refractivity contribution is 5.94. The smallest absolute Gasteiger partial charge is 0.254 e. The first kappa shape index (κ1) is 11.9. The molecule has 5 heteroatoms. The first-order chi connectivity index (χ1) is 9.36. The minimum Gasteiger partial charge on any atom is -0.330 e. The van der Waals surface area contributed by atoms with Crippen molar-refractivity contribution in [3.05, 3.63) is 48.0 Å². The van der Waals surface area contributed by atoms with E-state index in [2.05, 4.69) is 15.2 Å². The highest BCUT2D eigenvalue weighted by Gasteiger charge is 2.29. The fourth-order valence-electron chi connectivity index (χ4n) is 2.61. The monoisotopic (exact) mass is 256 g/mol. The molecule has 1 unspecified atom stereocenters. The zero-order chi connectivity index (χ0) is 13.1. The molecule has 5 nitrogen and oxygen atoms in total. The lowest BCUT2D eigenvalue weighted by atomic mass is 9.98. The molecular formula is C14H16N4O. The second-order valence-electron chi connectivity index (χ2n) is 4.76. The van der Waals surface area contributed by atoms with Crippen LogP contribution in [0.15, 0.2) is 36.8 Å². The second kappa shape index (κ2) is 5.22. The van der Waals surface area contributed by atoms with Gasteiger partial charge in [0.05, 0.1) is 11.7 Å². The number of amides is 1. The molecule has 3 rings (SSSR count). The Labute approximate surface area is 111 Å². The van der Waals surface area contributed by atoms with E-state index in [1.54, 1.807) is 30.7 Å². The molecule has 1 aliphatic heterocycles. The molecule has 0 spiro atoms. The van der Waals surface area contributed by atoms with Crippen molar-refractivity contribution < 1.29 is 4.79 Å². The molecule has 98 valence electrons. The summed E-state index contributed by atoms with van der Waals surface area (Å²) in [6, 6.07) is 5.59. The van der Waals surface area contributed by atoms with Gasteiger partial charge in [0.2, 0.25) is 0 Å². The van der Waals surface area contributed by atoms with Gasteiger partial charge in [0.25, 0.3) is 5.91 Å². The Bertz CT molecular complexity index is 538. The number of carbonyl (C=O) groups is 1. The summed E-state index contributed by atoms with van der Waals surface area (Å²) in [6.07, 6.45) is 8.23. The Morgan fingerprint density at radius 1 is 1.21 bits per heavy atom. The molecule has 0 saturated carbocycles. The molecule has 0 aromatic carbocycles. The molecule has 2 aromatic heterocycles. The van der Waals surface area contributed by atoms with E-state index in [-0.39, 0.29) is 11.9 Å². The number of aromatic amines is 1. The number of piperidine rings is 1. The van der Waals surface area contributed by atoms with Crippen molar-refractivity contribution in [1.82, 2.24) is 20.1 Å². The van der Waals surface area contributed by atoms with Gasteiger partial charge < -0.3 is 4.90 Å². The number of hydrogen-bond acceptors (Lipinski definition) is 3. The van der Waals surface area contributed by atoms with Gasteiger partial charge in [0.1, 0.15) is 0 Å². The summed E-state index contributed by atoms with van der Waals surface area (Å²) in [7, 11) is 0. The summed E-state index contributed by atoms with van der Waals surface area (Å²) < 4.78 is 0. The third-order valence-electron chi connectivity index (χ3n) is 3.57. The fraction of sp³-hybridized carbons (Fsp3) is 0.357. The molecule has 1 fully saturated rings. The van der Waals surface area contributed by atoms with Gasteiger partial charge in [-0.1, -0.05) is 0 Å². The van der Waals surface area contributed by atoms with Crippen LogP contribution in [0, 0.1) is 0 Å². The van der Waals surface area contributed by atoms with E-state index >= 15 is 0 Å². The van der Waals surface area contributed by atoms with Crippen molar-refractivity contribution in [3.63, 3.8) is 0 Å². The topological polar surface area (TPSA) is 61.9 Å². The van der Waals surface area contributed by atoms with Crippen LogP contribution in [0.1, 0.15) is 41.4 Å². The van der Waals surface area contributed by atoms with Crippen LogP contribution in [0.3, 0.4) is 0 Å². The summed E-state index contributed by atoms with van der Waals surface area (Å²) in [5, 5.41) is 6.98. The molecule has 1 N–H and O–H groups in total. The standard InChI is InChI=1S/C14H16N4O/c19-14(11-4-7-15-8-5-11)18-10-2-1-3-13(18)12-6-9-16-17-12/h4-9,13H,1-3,10H2,(H,16,17). The lowest BCUT2D eigenvalue weighted by Crippen LogP contribution is -2.38. The average molecular weight is 256 g/mol. The molecule has 0 radical (unpaired) electrons. The number of nitrogens with zero attached hydrogens (tertiary/aromatic N) is 3. The number of nitrogens with one attached hydrogen (secondary N) is 1. The number of likely N-dealkylation sites (tertiary alicyclic amines) is 1. The molecular weight excluding hydrogens is 240 g/mol. The molecule has 1 amide bonds. The minimum absolute atomic E-state index is 0.0710. The lowest BCUT2D eigenvalue weighted by Gasteiger charge is -2.35. The third kappa shape index (κ3) is 2.36. The van der Waals surface area contributed by atoms with Crippen molar-refractivity contribution in [2.24, 2.45) is 0 Å². The van der Waals surface area contributed by atoms with Gasteiger partial charge in [-0.2, -0.15) is 5.10 Å². The van der Waals surface area contributed by atoms with Crippen molar-refractivity contribution in [2.45, 2.75) is 25.3 Å². The second-order valence-corrected chi connectivity index (χ2v) is 4.76. The highest BCUT2D eigenvalue weighted by Crippen LogP contribution is 2.30. The van der Waals surface area contributed by atoms with Crippen LogP contribution in [0.5, 0.6) is 0 Å². The van der Waals surface area contributed by atoms with E-state index in [9.17, 15) is 4.79 Å². The Morgan fingerprint density at radius 3 is 2.79 bits per heavy atom. The maximum Gasteiger partial charge on any atom is 0.254 e. The summed E-state index contributed by atoms with van der Waals surface area (Å²) in [5.41, 5.74) is 1.71. The first-order valence-electron chi connectivity index (χ1n) is 6.56. The van der Waals surface area contributed by atoms with Crippen molar-refractivity contribution in [2.75, 3.05) is 6.54 Å². The molecule has 1 saturated heterocycles. The largest absolute Gasteiger partial charge is 0.330 e. The molecule has 19 heavy (non-hydrogen) atoms. The SMILES string of the molecule is O=C(c1ccncc1)N1CCCCC1c1ccn[nH]1. The van der Waals surface area contributed by atoms with Gasteiger partial charge >= 0.3 is 0 Å². The number of rotatable bonds is 2. The Balaban J connectivity index is 1.87. The van der Waals surface area contributed by atoms with E-state index < -0.39 is 0 Å². The van der Waals surface area contributed by atoms with Crippen LogP contribution < -0.4 is 0 Å². The Hall–Kier alpha value is -2.17. The fourth-order valence-corrected chi connectivity index (χ4v) is 2.61. The molecule has 2 aromatic rings. The molecule has 1 aliphatic rings. The number of aromatic nitrogens is 3. The predicted molar refractivity (Wildman–Crippen MR) is 70.5 cm³/mol.